The first-order valence-electron chi connectivity index (χ1n) is 7.10. The summed E-state index contributed by atoms with van der Waals surface area (Å²) in [5.41, 5.74) is 3.49. The van der Waals surface area contributed by atoms with Gasteiger partial charge < -0.3 is 10.4 Å². The van der Waals surface area contributed by atoms with Crippen LogP contribution >= 0.6 is 0 Å². The Balaban J connectivity index is 1.91. The third kappa shape index (κ3) is 3.80. The van der Waals surface area contributed by atoms with Crippen LogP contribution in [0.3, 0.4) is 0 Å². The number of nitrogens with one attached hydrogen (secondary N) is 1. The Kier molecular flexibility index (Phi) is 4.59. The lowest BCUT2D eigenvalue weighted by Crippen LogP contribution is -2.45. The zero-order valence-electron chi connectivity index (χ0n) is 11.8. The van der Waals surface area contributed by atoms with Gasteiger partial charge in [0.1, 0.15) is 0 Å². The highest BCUT2D eigenvalue weighted by atomic mass is 16.3. The van der Waals surface area contributed by atoms with Gasteiger partial charge in [-0.05, 0) is 43.4 Å². The number of carbonyl (C=O) groups is 1. The van der Waals surface area contributed by atoms with Crippen LogP contribution in [0.2, 0.25) is 0 Å². The number of rotatable bonds is 3. The van der Waals surface area contributed by atoms with Crippen molar-refractivity contribution in [3.05, 3.63) is 34.9 Å². The molecule has 3 nitrogen and oxygen atoms in total. The lowest BCUT2D eigenvalue weighted by atomic mass is 9.92. The average Bonchev–Trinajstić information content (AvgIpc) is 2.37. The minimum Gasteiger partial charge on any atom is -0.391 e. The first kappa shape index (κ1) is 14.1. The number of amides is 1. The first-order valence-corrected chi connectivity index (χ1v) is 7.10. The normalized spacial score (nSPS) is 23.1. The van der Waals surface area contributed by atoms with Gasteiger partial charge in [-0.25, -0.2) is 0 Å². The van der Waals surface area contributed by atoms with E-state index in [-0.39, 0.29) is 18.1 Å². The van der Waals surface area contributed by atoms with Gasteiger partial charge in [-0.1, -0.05) is 31.0 Å². The quantitative estimate of drug-likeness (QED) is 0.877. The molecule has 1 aliphatic carbocycles. The van der Waals surface area contributed by atoms with Crippen LogP contribution in [0.25, 0.3) is 0 Å². The number of hydrogen-bond donors (Lipinski definition) is 2. The van der Waals surface area contributed by atoms with E-state index in [2.05, 4.69) is 25.2 Å². The Morgan fingerprint density at radius 3 is 2.68 bits per heavy atom. The van der Waals surface area contributed by atoms with Gasteiger partial charge >= 0.3 is 0 Å². The Bertz CT molecular complexity index is 456. The van der Waals surface area contributed by atoms with Gasteiger partial charge in [0, 0.05) is 0 Å². The van der Waals surface area contributed by atoms with Crippen LogP contribution in [0, 0.1) is 13.8 Å². The van der Waals surface area contributed by atoms with Gasteiger partial charge in [0.2, 0.25) is 5.91 Å². The summed E-state index contributed by atoms with van der Waals surface area (Å²) in [5, 5.41) is 12.8. The van der Waals surface area contributed by atoms with Gasteiger partial charge in [-0.2, -0.15) is 0 Å². The van der Waals surface area contributed by atoms with E-state index in [4.69, 9.17) is 0 Å². The molecular formula is C16H23NO2. The van der Waals surface area contributed by atoms with E-state index in [9.17, 15) is 9.90 Å². The van der Waals surface area contributed by atoms with Crippen LogP contribution in [-0.2, 0) is 11.2 Å². The molecule has 0 saturated heterocycles. The summed E-state index contributed by atoms with van der Waals surface area (Å²) in [6.45, 7) is 4.12. The van der Waals surface area contributed by atoms with Gasteiger partial charge in [0.05, 0.1) is 18.6 Å². The minimum absolute atomic E-state index is 0.00852. The fourth-order valence-corrected chi connectivity index (χ4v) is 2.64. The second kappa shape index (κ2) is 6.20. The summed E-state index contributed by atoms with van der Waals surface area (Å²) in [6, 6.07) is 6.05. The molecule has 0 radical (unpaired) electrons. The molecule has 1 aliphatic rings. The molecule has 1 amide bonds. The van der Waals surface area contributed by atoms with Crippen molar-refractivity contribution in [2.75, 3.05) is 0 Å². The Hall–Kier alpha value is -1.35. The van der Waals surface area contributed by atoms with E-state index in [1.807, 2.05) is 12.1 Å². The molecule has 104 valence electrons. The summed E-state index contributed by atoms with van der Waals surface area (Å²) >= 11 is 0. The number of benzene rings is 1. The third-order valence-corrected chi connectivity index (χ3v) is 4.01. The number of hydrogen-bond acceptors (Lipinski definition) is 2. The molecule has 0 aromatic heterocycles. The van der Waals surface area contributed by atoms with Crippen LogP contribution in [-0.4, -0.2) is 23.2 Å². The molecule has 2 unspecified atom stereocenters. The minimum atomic E-state index is -0.377. The highest BCUT2D eigenvalue weighted by Gasteiger charge is 2.24. The van der Waals surface area contributed by atoms with Crippen LogP contribution in [0.5, 0.6) is 0 Å². The van der Waals surface area contributed by atoms with Crippen LogP contribution < -0.4 is 5.32 Å². The molecule has 2 N–H and O–H groups in total. The zero-order valence-corrected chi connectivity index (χ0v) is 11.8. The fraction of sp³-hybridized carbons (Fsp3) is 0.562. The number of aryl methyl sites for hydroxylation is 2. The van der Waals surface area contributed by atoms with Crippen LogP contribution in [0.1, 0.15) is 42.4 Å². The monoisotopic (exact) mass is 261 g/mol. The van der Waals surface area contributed by atoms with E-state index in [1.54, 1.807) is 0 Å². The van der Waals surface area contributed by atoms with E-state index in [0.29, 0.717) is 6.42 Å². The molecule has 0 aliphatic heterocycles. The van der Waals surface area contributed by atoms with Crippen molar-refractivity contribution < 1.29 is 9.90 Å². The molecule has 0 spiro atoms. The lowest BCUT2D eigenvalue weighted by Gasteiger charge is -2.28. The van der Waals surface area contributed by atoms with Crippen molar-refractivity contribution in [1.29, 1.82) is 0 Å². The molecule has 1 fully saturated rings. The molecule has 1 aromatic carbocycles. The zero-order chi connectivity index (χ0) is 13.8. The van der Waals surface area contributed by atoms with E-state index in [0.717, 1.165) is 31.2 Å². The number of aliphatic hydroxyl groups excluding tert-OH is 1. The van der Waals surface area contributed by atoms with Crippen molar-refractivity contribution in [1.82, 2.24) is 5.32 Å². The highest BCUT2D eigenvalue weighted by Crippen LogP contribution is 2.18. The molecule has 2 atom stereocenters. The maximum atomic E-state index is 12.0. The van der Waals surface area contributed by atoms with Crippen molar-refractivity contribution >= 4 is 5.91 Å². The van der Waals surface area contributed by atoms with E-state index >= 15 is 0 Å². The summed E-state index contributed by atoms with van der Waals surface area (Å²) in [4.78, 5) is 12.0. The van der Waals surface area contributed by atoms with Crippen LogP contribution in [0.4, 0.5) is 0 Å². The molecule has 19 heavy (non-hydrogen) atoms. The first-order chi connectivity index (χ1) is 9.06. The number of aliphatic hydroxyl groups is 1. The second-order valence-electron chi connectivity index (χ2n) is 5.62. The van der Waals surface area contributed by atoms with Gasteiger partial charge in [0.15, 0.2) is 0 Å². The summed E-state index contributed by atoms with van der Waals surface area (Å²) in [7, 11) is 0. The van der Waals surface area contributed by atoms with Crippen molar-refractivity contribution in [3.8, 4) is 0 Å². The predicted octanol–water partition coefficient (Wildman–Crippen LogP) is 2.27. The lowest BCUT2D eigenvalue weighted by molar-refractivity contribution is -0.122. The average molecular weight is 261 g/mol. The SMILES string of the molecule is Cc1ccc(CC(=O)NC2CCCCC2O)cc1C. The molecule has 1 aromatic rings. The summed E-state index contributed by atoms with van der Waals surface area (Å²) in [6.07, 6.45) is 3.85. The molecule has 1 saturated carbocycles. The van der Waals surface area contributed by atoms with Crippen molar-refractivity contribution in [3.63, 3.8) is 0 Å². The van der Waals surface area contributed by atoms with Crippen molar-refractivity contribution in [2.45, 2.75) is 58.1 Å². The molecular weight excluding hydrogens is 238 g/mol. The molecule has 0 heterocycles. The molecule has 3 heteroatoms. The summed E-state index contributed by atoms with van der Waals surface area (Å²) < 4.78 is 0. The Morgan fingerprint density at radius 2 is 2.00 bits per heavy atom. The Morgan fingerprint density at radius 1 is 1.26 bits per heavy atom. The maximum absolute atomic E-state index is 12.0. The highest BCUT2D eigenvalue weighted by molar-refractivity contribution is 5.79. The topological polar surface area (TPSA) is 49.3 Å². The number of carbonyl (C=O) groups excluding carboxylic acids is 1. The third-order valence-electron chi connectivity index (χ3n) is 4.01. The largest absolute Gasteiger partial charge is 0.391 e. The van der Waals surface area contributed by atoms with Crippen LogP contribution in [0.15, 0.2) is 18.2 Å². The second-order valence-corrected chi connectivity index (χ2v) is 5.62. The predicted molar refractivity (Wildman–Crippen MR) is 76.0 cm³/mol. The standard InChI is InChI=1S/C16H23NO2/c1-11-7-8-13(9-12(11)2)10-16(19)17-14-5-3-4-6-15(14)18/h7-9,14-15,18H,3-6,10H2,1-2H3,(H,17,19). The van der Waals surface area contributed by atoms with Gasteiger partial charge in [-0.15, -0.1) is 0 Å². The smallest absolute Gasteiger partial charge is 0.224 e. The van der Waals surface area contributed by atoms with Gasteiger partial charge in [-0.3, -0.25) is 4.79 Å². The maximum Gasteiger partial charge on any atom is 0.224 e. The van der Waals surface area contributed by atoms with Crippen molar-refractivity contribution in [2.24, 2.45) is 0 Å². The van der Waals surface area contributed by atoms with E-state index < -0.39 is 0 Å². The Labute approximate surface area is 115 Å². The molecule has 2 rings (SSSR count). The summed E-state index contributed by atoms with van der Waals surface area (Å²) in [5.74, 6) is 0.00852. The fourth-order valence-electron chi connectivity index (χ4n) is 2.64. The van der Waals surface area contributed by atoms with E-state index in [1.165, 1.54) is 11.1 Å². The molecule has 0 bridgehead atoms. The van der Waals surface area contributed by atoms with Gasteiger partial charge in [0.25, 0.3) is 0 Å².